The zero-order valence-corrected chi connectivity index (χ0v) is 11.1. The third-order valence-electron chi connectivity index (χ3n) is 2.69. The van der Waals surface area contributed by atoms with Crippen molar-refractivity contribution in [2.45, 2.75) is 13.0 Å². The van der Waals surface area contributed by atoms with Crippen molar-refractivity contribution in [2.24, 2.45) is 5.73 Å². The van der Waals surface area contributed by atoms with Crippen molar-refractivity contribution >= 4 is 16.5 Å². The predicted octanol–water partition coefficient (Wildman–Crippen LogP) is 2.42. The van der Waals surface area contributed by atoms with Gasteiger partial charge < -0.3 is 10.6 Å². The van der Waals surface area contributed by atoms with E-state index in [1.54, 1.807) is 29.7 Å². The molecule has 0 bridgehead atoms. The summed E-state index contributed by atoms with van der Waals surface area (Å²) in [5, 5.41) is 0.951. The normalized spacial score (nSPS) is 10.6. The lowest BCUT2D eigenvalue weighted by atomic mass is 10.1. The molecule has 0 atom stereocenters. The minimum absolute atomic E-state index is 0.185. The largest absolute Gasteiger partial charge is 0.351 e. The van der Waals surface area contributed by atoms with Crippen molar-refractivity contribution in [3.8, 4) is 0 Å². The van der Waals surface area contributed by atoms with E-state index in [2.05, 4.69) is 9.88 Å². The first-order valence-corrected chi connectivity index (χ1v) is 6.61. The summed E-state index contributed by atoms with van der Waals surface area (Å²) in [4.78, 5) is 7.44. The monoisotopic (exact) mass is 265 g/mol. The molecule has 96 valence electrons. The summed E-state index contributed by atoms with van der Waals surface area (Å²) in [5.41, 5.74) is 6.55. The number of hydrogen-bond acceptors (Lipinski definition) is 4. The van der Waals surface area contributed by atoms with E-state index >= 15 is 0 Å². The van der Waals surface area contributed by atoms with Gasteiger partial charge in [0, 0.05) is 31.2 Å². The van der Waals surface area contributed by atoms with Crippen molar-refractivity contribution < 1.29 is 4.39 Å². The second-order valence-electron chi connectivity index (χ2n) is 4.11. The molecule has 0 unspecified atom stereocenters. The zero-order valence-electron chi connectivity index (χ0n) is 10.3. The van der Waals surface area contributed by atoms with Gasteiger partial charge in [0.15, 0.2) is 5.13 Å². The van der Waals surface area contributed by atoms with Gasteiger partial charge in [-0.05, 0) is 24.1 Å². The molecule has 0 fully saturated rings. The lowest BCUT2D eigenvalue weighted by Gasteiger charge is -2.15. The third-order valence-corrected chi connectivity index (χ3v) is 3.83. The molecule has 0 aliphatic heterocycles. The molecular formula is C13H16FN3S. The van der Waals surface area contributed by atoms with Gasteiger partial charge in [0.05, 0.1) is 0 Å². The van der Waals surface area contributed by atoms with Crippen molar-refractivity contribution in [3.63, 3.8) is 0 Å². The molecule has 0 radical (unpaired) electrons. The Kier molecular flexibility index (Phi) is 4.28. The molecule has 18 heavy (non-hydrogen) atoms. The van der Waals surface area contributed by atoms with Gasteiger partial charge in [0.25, 0.3) is 0 Å². The van der Waals surface area contributed by atoms with Gasteiger partial charge in [-0.3, -0.25) is 0 Å². The standard InChI is InChI=1S/C13H16FN3S/c1-17(13-16-9-12(8-15)18-13)6-5-10-3-2-4-11(14)7-10/h2-4,7,9H,5-6,8,15H2,1H3. The molecular weight excluding hydrogens is 249 g/mol. The summed E-state index contributed by atoms with van der Waals surface area (Å²) < 4.78 is 13.0. The highest BCUT2D eigenvalue weighted by atomic mass is 32.1. The highest BCUT2D eigenvalue weighted by Crippen LogP contribution is 2.21. The quantitative estimate of drug-likeness (QED) is 0.902. The summed E-state index contributed by atoms with van der Waals surface area (Å²) in [6.45, 7) is 1.33. The van der Waals surface area contributed by atoms with Crippen molar-refractivity contribution in [2.75, 3.05) is 18.5 Å². The fourth-order valence-corrected chi connectivity index (χ4v) is 2.43. The third kappa shape index (κ3) is 3.27. The van der Waals surface area contributed by atoms with Crippen LogP contribution in [0, 0.1) is 5.82 Å². The number of benzene rings is 1. The summed E-state index contributed by atoms with van der Waals surface area (Å²) in [6.07, 6.45) is 2.60. The Bertz CT molecular complexity index is 512. The lowest BCUT2D eigenvalue weighted by molar-refractivity contribution is 0.625. The summed E-state index contributed by atoms with van der Waals surface area (Å²) in [5.74, 6) is -0.185. The van der Waals surface area contributed by atoms with Gasteiger partial charge >= 0.3 is 0 Å². The number of rotatable bonds is 5. The predicted molar refractivity (Wildman–Crippen MR) is 73.4 cm³/mol. The first-order chi connectivity index (χ1) is 8.69. The Morgan fingerprint density at radius 1 is 1.44 bits per heavy atom. The number of nitrogens with two attached hydrogens (primary N) is 1. The van der Waals surface area contributed by atoms with Crippen molar-refractivity contribution in [1.29, 1.82) is 0 Å². The van der Waals surface area contributed by atoms with E-state index in [1.807, 2.05) is 13.1 Å². The van der Waals surface area contributed by atoms with Crippen LogP contribution in [0.1, 0.15) is 10.4 Å². The molecule has 0 spiro atoms. The summed E-state index contributed by atoms with van der Waals surface area (Å²) in [6, 6.07) is 6.70. The molecule has 2 N–H and O–H groups in total. The molecule has 1 heterocycles. The topological polar surface area (TPSA) is 42.2 Å². The van der Waals surface area contributed by atoms with Crippen LogP contribution < -0.4 is 10.6 Å². The fourth-order valence-electron chi connectivity index (χ4n) is 1.65. The molecule has 2 aromatic rings. The van der Waals surface area contributed by atoms with Crippen LogP contribution in [-0.4, -0.2) is 18.6 Å². The van der Waals surface area contributed by atoms with Gasteiger partial charge in [0.1, 0.15) is 5.82 Å². The van der Waals surface area contributed by atoms with Crippen LogP contribution in [0.5, 0.6) is 0 Å². The number of halogens is 1. The second kappa shape index (κ2) is 5.93. The Labute approximate surface area is 110 Å². The van der Waals surface area contributed by atoms with E-state index in [0.717, 1.165) is 28.5 Å². The van der Waals surface area contributed by atoms with E-state index in [0.29, 0.717) is 6.54 Å². The Morgan fingerprint density at radius 3 is 2.94 bits per heavy atom. The van der Waals surface area contributed by atoms with Gasteiger partial charge in [-0.1, -0.05) is 12.1 Å². The maximum atomic E-state index is 13.0. The molecule has 5 heteroatoms. The number of nitrogens with zero attached hydrogens (tertiary/aromatic N) is 2. The first-order valence-electron chi connectivity index (χ1n) is 5.79. The minimum Gasteiger partial charge on any atom is -0.351 e. The number of anilines is 1. The van der Waals surface area contributed by atoms with E-state index in [4.69, 9.17) is 5.73 Å². The molecule has 0 aliphatic carbocycles. The smallest absolute Gasteiger partial charge is 0.185 e. The molecule has 1 aromatic carbocycles. The zero-order chi connectivity index (χ0) is 13.0. The molecule has 0 amide bonds. The van der Waals surface area contributed by atoms with Gasteiger partial charge in [-0.15, -0.1) is 11.3 Å². The van der Waals surface area contributed by atoms with Crippen LogP contribution in [-0.2, 0) is 13.0 Å². The highest BCUT2D eigenvalue weighted by molar-refractivity contribution is 7.15. The molecule has 2 rings (SSSR count). The molecule has 1 aromatic heterocycles. The van der Waals surface area contributed by atoms with Gasteiger partial charge in [-0.25, -0.2) is 9.37 Å². The van der Waals surface area contributed by atoms with Gasteiger partial charge in [0.2, 0.25) is 0 Å². The maximum absolute atomic E-state index is 13.0. The summed E-state index contributed by atoms with van der Waals surface area (Å²) in [7, 11) is 1.98. The molecule has 0 saturated carbocycles. The SMILES string of the molecule is CN(CCc1cccc(F)c1)c1ncc(CN)s1. The van der Waals surface area contributed by atoms with Crippen LogP contribution in [0.3, 0.4) is 0 Å². The van der Waals surface area contributed by atoms with Crippen molar-refractivity contribution in [1.82, 2.24) is 4.98 Å². The van der Waals surface area contributed by atoms with Crippen LogP contribution in [0.25, 0.3) is 0 Å². The number of aromatic nitrogens is 1. The number of hydrogen-bond donors (Lipinski definition) is 1. The Hall–Kier alpha value is -1.46. The molecule has 0 aliphatic rings. The fraction of sp³-hybridized carbons (Fsp3) is 0.308. The van der Waals surface area contributed by atoms with E-state index < -0.39 is 0 Å². The van der Waals surface area contributed by atoms with E-state index in [9.17, 15) is 4.39 Å². The van der Waals surface area contributed by atoms with Crippen LogP contribution in [0.2, 0.25) is 0 Å². The average Bonchev–Trinajstić information content (AvgIpc) is 2.85. The van der Waals surface area contributed by atoms with Crippen LogP contribution in [0.4, 0.5) is 9.52 Å². The second-order valence-corrected chi connectivity index (χ2v) is 5.21. The van der Waals surface area contributed by atoms with E-state index in [1.165, 1.54) is 6.07 Å². The van der Waals surface area contributed by atoms with Crippen LogP contribution in [0.15, 0.2) is 30.5 Å². The Morgan fingerprint density at radius 2 is 2.28 bits per heavy atom. The Balaban J connectivity index is 1.93. The summed E-state index contributed by atoms with van der Waals surface area (Å²) >= 11 is 1.60. The molecule has 3 nitrogen and oxygen atoms in total. The van der Waals surface area contributed by atoms with Crippen LogP contribution >= 0.6 is 11.3 Å². The van der Waals surface area contributed by atoms with Gasteiger partial charge in [-0.2, -0.15) is 0 Å². The number of thiazole rings is 1. The first kappa shape index (κ1) is 13.0. The lowest BCUT2D eigenvalue weighted by Crippen LogP contribution is -2.19. The molecule has 0 saturated heterocycles. The van der Waals surface area contributed by atoms with Crippen molar-refractivity contribution in [3.05, 3.63) is 46.7 Å². The van der Waals surface area contributed by atoms with E-state index in [-0.39, 0.29) is 5.82 Å². The average molecular weight is 265 g/mol. The maximum Gasteiger partial charge on any atom is 0.185 e. The highest BCUT2D eigenvalue weighted by Gasteiger charge is 2.06. The minimum atomic E-state index is -0.185. The number of likely N-dealkylation sites (N-methyl/N-ethyl adjacent to an activating group) is 1.